The summed E-state index contributed by atoms with van der Waals surface area (Å²) >= 11 is 0. The third kappa shape index (κ3) is 2.92. The number of aromatic hydroxyl groups is 1. The van der Waals surface area contributed by atoms with Crippen LogP contribution in [-0.2, 0) is 23.1 Å². The summed E-state index contributed by atoms with van der Waals surface area (Å²) in [4.78, 5) is 16.0. The molecule has 4 aliphatic rings. The maximum absolute atomic E-state index is 13.3. The molecule has 0 unspecified atom stereocenters. The Kier molecular flexibility index (Phi) is 5.18. The molecule has 0 radical (unpaired) electrons. The highest BCUT2D eigenvalue weighted by atomic mass is 16.5. The van der Waals surface area contributed by atoms with Crippen molar-refractivity contribution in [2.24, 2.45) is 5.92 Å². The number of Topliss-reactive ketones (excluding diaryl/α,β-unsaturated/α-hetero) is 1. The molecule has 5 heteroatoms. The van der Waals surface area contributed by atoms with Gasteiger partial charge in [0.05, 0.1) is 12.0 Å². The van der Waals surface area contributed by atoms with Gasteiger partial charge in [0.15, 0.2) is 22.9 Å². The number of likely N-dealkylation sites (tertiary alicyclic amines) is 1. The molecule has 1 N–H and O–H groups in total. The number of carbonyl (C=O) groups is 1. The van der Waals surface area contributed by atoms with Crippen LogP contribution in [-0.4, -0.2) is 47.1 Å². The highest BCUT2D eigenvalue weighted by Gasteiger charge is 2.72. The highest BCUT2D eigenvalue weighted by molar-refractivity contribution is 5.93. The van der Waals surface area contributed by atoms with Gasteiger partial charge in [0.25, 0.3) is 0 Å². The largest absolute Gasteiger partial charge is 0.504 e. The molecule has 2 heterocycles. The number of aryl methyl sites for hydroxylation is 1. The normalized spacial score (nSPS) is 31.2. The summed E-state index contributed by atoms with van der Waals surface area (Å²) in [6.45, 7) is 6.88. The van der Waals surface area contributed by atoms with Crippen LogP contribution in [0.2, 0.25) is 0 Å². The molecule has 2 aliphatic heterocycles. The first-order chi connectivity index (χ1) is 16.5. The van der Waals surface area contributed by atoms with E-state index in [9.17, 15) is 9.90 Å². The average molecular weight is 462 g/mol. The Morgan fingerprint density at radius 3 is 2.88 bits per heavy atom. The number of ether oxygens (including phenoxy) is 2. The minimum atomic E-state index is -0.895. The zero-order chi connectivity index (χ0) is 23.5. The van der Waals surface area contributed by atoms with Gasteiger partial charge in [-0.25, -0.2) is 0 Å². The lowest BCUT2D eigenvalue weighted by atomic mass is 9.47. The Morgan fingerprint density at radius 1 is 1.26 bits per heavy atom. The molecular formula is C29H35NO4. The van der Waals surface area contributed by atoms with Gasteiger partial charge < -0.3 is 14.6 Å². The molecule has 2 aromatic rings. The zero-order valence-corrected chi connectivity index (χ0v) is 20.3. The molecule has 2 aliphatic carbocycles. The van der Waals surface area contributed by atoms with E-state index in [0.717, 1.165) is 68.5 Å². The second-order valence-electron chi connectivity index (χ2n) is 10.7. The van der Waals surface area contributed by atoms with Gasteiger partial charge in [0.2, 0.25) is 0 Å². The number of phenols is 1. The van der Waals surface area contributed by atoms with Gasteiger partial charge in [-0.15, -0.1) is 0 Å². The summed E-state index contributed by atoms with van der Waals surface area (Å²) in [5, 5.41) is 11.0. The van der Waals surface area contributed by atoms with Crippen molar-refractivity contribution >= 4 is 5.78 Å². The van der Waals surface area contributed by atoms with Crippen molar-refractivity contribution in [1.29, 1.82) is 0 Å². The Labute approximate surface area is 202 Å². The molecule has 6 rings (SSSR count). The SMILES string of the molecule is CCCN1CC[C@]23c4c5c(OCCCc6ccccc6)cc(O)c4O[C@@]2(C)C(=O)CC[C@H]3[C@H]1C5. The molecular weight excluding hydrogens is 426 g/mol. The van der Waals surface area contributed by atoms with Gasteiger partial charge in [-0.1, -0.05) is 37.3 Å². The Morgan fingerprint density at radius 2 is 2.09 bits per heavy atom. The van der Waals surface area contributed by atoms with E-state index < -0.39 is 5.60 Å². The molecule has 4 atom stereocenters. The fourth-order valence-electron chi connectivity index (χ4n) is 7.68. The fraction of sp³-hybridized carbons (Fsp3) is 0.552. The summed E-state index contributed by atoms with van der Waals surface area (Å²) in [6.07, 6.45) is 6.26. The van der Waals surface area contributed by atoms with Crippen LogP contribution in [0.4, 0.5) is 0 Å². The summed E-state index contributed by atoms with van der Waals surface area (Å²) in [5.74, 6) is 1.98. The van der Waals surface area contributed by atoms with Gasteiger partial charge in [-0.3, -0.25) is 9.69 Å². The van der Waals surface area contributed by atoms with Crippen molar-refractivity contribution in [2.45, 2.75) is 75.9 Å². The standard InChI is InChI=1S/C29H35NO4/c1-3-14-30-15-13-29-21-11-12-25(32)28(29,2)34-27-23(31)18-24(20(26(27)29)17-22(21)30)33-16-7-10-19-8-5-4-6-9-19/h4-6,8-9,18,21-22,31H,3,7,10-17H2,1-2H3/t21-,22+,28-,29-/m0/s1. The fourth-order valence-corrected chi connectivity index (χ4v) is 7.68. The van der Waals surface area contributed by atoms with Gasteiger partial charge in [0.1, 0.15) is 5.75 Å². The summed E-state index contributed by atoms with van der Waals surface area (Å²) in [7, 11) is 0. The second kappa shape index (κ2) is 8.01. The van der Waals surface area contributed by atoms with Gasteiger partial charge in [-0.2, -0.15) is 0 Å². The molecule has 180 valence electrons. The number of hydrogen-bond donors (Lipinski definition) is 1. The Balaban J connectivity index is 1.37. The Bertz CT molecular complexity index is 1110. The topological polar surface area (TPSA) is 59.0 Å². The van der Waals surface area contributed by atoms with Gasteiger partial charge >= 0.3 is 0 Å². The van der Waals surface area contributed by atoms with Crippen LogP contribution < -0.4 is 9.47 Å². The van der Waals surface area contributed by atoms with Crippen molar-refractivity contribution < 1.29 is 19.4 Å². The van der Waals surface area contributed by atoms with E-state index in [4.69, 9.17) is 9.47 Å². The molecule has 2 fully saturated rings. The van der Waals surface area contributed by atoms with Crippen LogP contribution in [0, 0.1) is 5.92 Å². The van der Waals surface area contributed by atoms with Crippen molar-refractivity contribution in [1.82, 2.24) is 4.90 Å². The summed E-state index contributed by atoms with van der Waals surface area (Å²) in [6, 6.07) is 12.6. The molecule has 2 bridgehead atoms. The number of nitrogens with zero attached hydrogens (tertiary/aromatic N) is 1. The lowest BCUT2D eigenvalue weighted by Crippen LogP contribution is -2.70. The molecule has 34 heavy (non-hydrogen) atoms. The minimum absolute atomic E-state index is 0.114. The van der Waals surface area contributed by atoms with Crippen molar-refractivity contribution in [3.05, 3.63) is 53.1 Å². The lowest BCUT2D eigenvalue weighted by molar-refractivity contribution is -0.154. The average Bonchev–Trinajstić information content (AvgIpc) is 3.12. The van der Waals surface area contributed by atoms with Gasteiger partial charge in [0, 0.05) is 29.7 Å². The molecule has 0 aromatic heterocycles. The number of rotatable bonds is 7. The number of hydrogen-bond acceptors (Lipinski definition) is 5. The second-order valence-corrected chi connectivity index (χ2v) is 10.7. The zero-order valence-electron chi connectivity index (χ0n) is 20.3. The van der Waals surface area contributed by atoms with E-state index in [2.05, 4.69) is 36.1 Å². The molecule has 1 saturated carbocycles. The van der Waals surface area contributed by atoms with Crippen molar-refractivity contribution in [2.75, 3.05) is 19.7 Å². The van der Waals surface area contributed by atoms with Crippen LogP contribution in [0.15, 0.2) is 36.4 Å². The predicted octanol–water partition coefficient (Wildman–Crippen LogP) is 4.81. The van der Waals surface area contributed by atoms with Gasteiger partial charge in [-0.05, 0) is 70.0 Å². The number of benzene rings is 2. The third-order valence-electron chi connectivity index (χ3n) is 9.14. The Hall–Kier alpha value is -2.53. The minimum Gasteiger partial charge on any atom is -0.504 e. The lowest BCUT2D eigenvalue weighted by Gasteiger charge is -2.60. The van der Waals surface area contributed by atoms with Crippen LogP contribution in [0.3, 0.4) is 0 Å². The van der Waals surface area contributed by atoms with Crippen LogP contribution in [0.25, 0.3) is 0 Å². The van der Waals surface area contributed by atoms with Crippen LogP contribution in [0.1, 0.15) is 62.6 Å². The predicted molar refractivity (Wildman–Crippen MR) is 131 cm³/mol. The molecule has 1 saturated heterocycles. The molecule has 5 nitrogen and oxygen atoms in total. The van der Waals surface area contributed by atoms with Crippen molar-refractivity contribution in [3.63, 3.8) is 0 Å². The first-order valence-electron chi connectivity index (χ1n) is 13.0. The van der Waals surface area contributed by atoms with E-state index in [1.807, 2.05) is 13.0 Å². The third-order valence-corrected chi connectivity index (χ3v) is 9.14. The smallest absolute Gasteiger partial charge is 0.177 e. The van der Waals surface area contributed by atoms with Crippen molar-refractivity contribution in [3.8, 4) is 17.2 Å². The molecule has 0 amide bonds. The van der Waals surface area contributed by atoms with E-state index in [0.29, 0.717) is 30.7 Å². The number of phenolic OH excluding ortho intramolecular Hbond substituents is 1. The first kappa shape index (κ1) is 22.0. The first-order valence-corrected chi connectivity index (χ1v) is 13.0. The number of ketones is 1. The quantitative estimate of drug-likeness (QED) is 0.600. The summed E-state index contributed by atoms with van der Waals surface area (Å²) < 4.78 is 12.8. The van der Waals surface area contributed by atoms with E-state index >= 15 is 0 Å². The number of piperidine rings is 1. The van der Waals surface area contributed by atoms with E-state index in [1.165, 1.54) is 5.56 Å². The van der Waals surface area contributed by atoms with E-state index in [-0.39, 0.29) is 16.9 Å². The monoisotopic (exact) mass is 461 g/mol. The number of carbonyl (C=O) groups excluding carboxylic acids is 1. The summed E-state index contributed by atoms with van der Waals surface area (Å²) in [5.41, 5.74) is 2.29. The maximum Gasteiger partial charge on any atom is 0.177 e. The molecule has 2 aromatic carbocycles. The maximum atomic E-state index is 13.3. The van der Waals surface area contributed by atoms with E-state index in [1.54, 1.807) is 6.07 Å². The highest BCUT2D eigenvalue weighted by Crippen LogP contribution is 2.68. The molecule has 1 spiro atoms. The van der Waals surface area contributed by atoms with Crippen LogP contribution >= 0.6 is 0 Å². The van der Waals surface area contributed by atoms with Crippen LogP contribution in [0.5, 0.6) is 17.2 Å².